The summed E-state index contributed by atoms with van der Waals surface area (Å²) in [5.41, 5.74) is 0. The first-order valence-corrected chi connectivity index (χ1v) is 8.01. The highest BCUT2D eigenvalue weighted by Gasteiger charge is 2.27. The molecule has 2 aliphatic rings. The van der Waals surface area contributed by atoms with E-state index in [1.54, 1.807) is 0 Å². The number of carboxylic acid groups (broad SMARTS) is 1. The minimum atomic E-state index is -0.732. The van der Waals surface area contributed by atoms with Gasteiger partial charge in [0.05, 0.1) is 12.0 Å². The van der Waals surface area contributed by atoms with Gasteiger partial charge in [-0.3, -0.25) is 4.79 Å². The molecule has 0 heterocycles. The molecule has 0 aromatic rings. The van der Waals surface area contributed by atoms with Crippen molar-refractivity contribution < 1.29 is 19.8 Å². The predicted molar refractivity (Wildman–Crippen MR) is 77.9 cm³/mol. The Hall–Kier alpha value is -1.30. The largest absolute Gasteiger partial charge is 0.481 e. The molecule has 0 radical (unpaired) electrons. The Labute approximate surface area is 125 Å². The molecule has 0 bridgehead atoms. The SMILES string of the molecule is O=C(NC[C@H]1CCCC[C@@H]1O)NC1CCC(C(=O)O)CC1. The van der Waals surface area contributed by atoms with Gasteiger partial charge in [0.15, 0.2) is 0 Å². The smallest absolute Gasteiger partial charge is 0.315 e. The van der Waals surface area contributed by atoms with E-state index in [1.165, 1.54) is 0 Å². The zero-order chi connectivity index (χ0) is 15.2. The van der Waals surface area contributed by atoms with Crippen LogP contribution in [-0.4, -0.2) is 40.9 Å². The van der Waals surface area contributed by atoms with Gasteiger partial charge in [-0.05, 0) is 38.5 Å². The Morgan fingerprint density at radius 1 is 1.00 bits per heavy atom. The number of hydrogen-bond donors (Lipinski definition) is 4. The monoisotopic (exact) mass is 298 g/mol. The lowest BCUT2D eigenvalue weighted by molar-refractivity contribution is -0.142. The molecule has 0 aromatic heterocycles. The number of carbonyl (C=O) groups excluding carboxylic acids is 1. The summed E-state index contributed by atoms with van der Waals surface area (Å²) in [4.78, 5) is 22.7. The number of aliphatic hydroxyl groups excluding tert-OH is 1. The van der Waals surface area contributed by atoms with Gasteiger partial charge >= 0.3 is 12.0 Å². The van der Waals surface area contributed by atoms with Crippen LogP contribution in [0.2, 0.25) is 0 Å². The summed E-state index contributed by atoms with van der Waals surface area (Å²) in [7, 11) is 0. The Morgan fingerprint density at radius 3 is 2.29 bits per heavy atom. The summed E-state index contributed by atoms with van der Waals surface area (Å²) in [6.07, 6.45) is 6.36. The van der Waals surface area contributed by atoms with Crippen molar-refractivity contribution in [2.45, 2.75) is 63.5 Å². The Morgan fingerprint density at radius 2 is 1.67 bits per heavy atom. The van der Waals surface area contributed by atoms with Crippen molar-refractivity contribution in [3.8, 4) is 0 Å². The maximum atomic E-state index is 11.9. The van der Waals surface area contributed by atoms with Crippen molar-refractivity contribution in [3.05, 3.63) is 0 Å². The lowest BCUT2D eigenvalue weighted by atomic mass is 9.86. The molecule has 2 fully saturated rings. The van der Waals surface area contributed by atoms with E-state index in [0.717, 1.165) is 38.5 Å². The van der Waals surface area contributed by atoms with E-state index in [0.29, 0.717) is 19.4 Å². The molecule has 0 spiro atoms. The van der Waals surface area contributed by atoms with Crippen molar-refractivity contribution >= 4 is 12.0 Å². The molecule has 120 valence electrons. The van der Waals surface area contributed by atoms with Crippen LogP contribution >= 0.6 is 0 Å². The maximum absolute atomic E-state index is 11.9. The predicted octanol–water partition coefficient (Wildman–Crippen LogP) is 1.48. The molecule has 6 nitrogen and oxygen atoms in total. The molecule has 4 N–H and O–H groups in total. The second kappa shape index (κ2) is 7.64. The lowest BCUT2D eigenvalue weighted by Gasteiger charge is -2.29. The molecule has 0 aliphatic heterocycles. The summed E-state index contributed by atoms with van der Waals surface area (Å²) in [6.45, 7) is 0.511. The molecule has 2 saturated carbocycles. The van der Waals surface area contributed by atoms with Crippen molar-refractivity contribution in [1.82, 2.24) is 10.6 Å². The van der Waals surface area contributed by atoms with Gasteiger partial charge in [0.2, 0.25) is 0 Å². The van der Waals surface area contributed by atoms with Crippen LogP contribution in [0.15, 0.2) is 0 Å². The third-order valence-corrected chi connectivity index (χ3v) is 4.81. The van der Waals surface area contributed by atoms with Gasteiger partial charge < -0.3 is 20.8 Å². The van der Waals surface area contributed by atoms with Crippen LogP contribution in [0.1, 0.15) is 51.4 Å². The number of aliphatic carboxylic acids is 1. The van der Waals surface area contributed by atoms with Gasteiger partial charge in [0, 0.05) is 18.5 Å². The zero-order valence-corrected chi connectivity index (χ0v) is 12.4. The standard InChI is InChI=1S/C15H26N2O4/c18-13-4-2-1-3-11(13)9-16-15(21)17-12-7-5-10(6-8-12)14(19)20/h10-13,18H,1-9H2,(H,19,20)(H2,16,17,21)/t10?,11-,12?,13+/m1/s1. The van der Waals surface area contributed by atoms with Crippen LogP contribution in [0.3, 0.4) is 0 Å². The van der Waals surface area contributed by atoms with Gasteiger partial charge in [-0.25, -0.2) is 4.79 Å². The molecule has 2 atom stereocenters. The summed E-state index contributed by atoms with van der Waals surface area (Å²) in [5.74, 6) is -0.833. The van der Waals surface area contributed by atoms with Gasteiger partial charge in [-0.2, -0.15) is 0 Å². The quantitative estimate of drug-likeness (QED) is 0.632. The minimum Gasteiger partial charge on any atom is -0.481 e. The highest BCUT2D eigenvalue weighted by molar-refractivity contribution is 5.74. The molecule has 0 unspecified atom stereocenters. The molecule has 2 amide bonds. The van der Waals surface area contributed by atoms with Crippen LogP contribution < -0.4 is 10.6 Å². The van der Waals surface area contributed by atoms with Crippen molar-refractivity contribution in [2.24, 2.45) is 11.8 Å². The van der Waals surface area contributed by atoms with Crippen LogP contribution in [0.4, 0.5) is 4.79 Å². The van der Waals surface area contributed by atoms with E-state index in [9.17, 15) is 14.7 Å². The third-order valence-electron chi connectivity index (χ3n) is 4.81. The number of hydrogen-bond acceptors (Lipinski definition) is 3. The zero-order valence-electron chi connectivity index (χ0n) is 12.4. The van der Waals surface area contributed by atoms with Crippen LogP contribution in [0, 0.1) is 11.8 Å². The third kappa shape index (κ3) is 4.88. The summed E-state index contributed by atoms with van der Waals surface area (Å²) in [5, 5.41) is 24.5. The number of rotatable bonds is 4. The first kappa shape index (κ1) is 16.1. The van der Waals surface area contributed by atoms with E-state index in [2.05, 4.69) is 10.6 Å². The van der Waals surface area contributed by atoms with E-state index in [1.807, 2.05) is 0 Å². The summed E-state index contributed by atoms with van der Waals surface area (Å²) < 4.78 is 0. The van der Waals surface area contributed by atoms with Crippen molar-refractivity contribution in [2.75, 3.05) is 6.54 Å². The number of aliphatic hydroxyl groups is 1. The van der Waals surface area contributed by atoms with Crippen LogP contribution in [0.25, 0.3) is 0 Å². The highest BCUT2D eigenvalue weighted by Crippen LogP contribution is 2.25. The topological polar surface area (TPSA) is 98.7 Å². The van der Waals surface area contributed by atoms with Gasteiger partial charge in [-0.15, -0.1) is 0 Å². The number of amides is 2. The fourth-order valence-electron chi connectivity index (χ4n) is 3.37. The first-order valence-electron chi connectivity index (χ1n) is 8.01. The molecule has 21 heavy (non-hydrogen) atoms. The molecule has 6 heteroatoms. The number of carboxylic acids is 1. The second-order valence-corrected chi connectivity index (χ2v) is 6.35. The van der Waals surface area contributed by atoms with Crippen LogP contribution in [0.5, 0.6) is 0 Å². The average Bonchev–Trinajstić information content (AvgIpc) is 2.47. The minimum absolute atomic E-state index is 0.0666. The van der Waals surface area contributed by atoms with E-state index >= 15 is 0 Å². The fourth-order valence-corrected chi connectivity index (χ4v) is 3.37. The normalized spacial score (nSPS) is 33.2. The number of carbonyl (C=O) groups is 2. The van der Waals surface area contributed by atoms with Crippen molar-refractivity contribution in [1.29, 1.82) is 0 Å². The maximum Gasteiger partial charge on any atom is 0.315 e. The molecule has 0 aromatic carbocycles. The van der Waals surface area contributed by atoms with Gasteiger partial charge in [-0.1, -0.05) is 12.8 Å². The Kier molecular flexibility index (Phi) is 5.85. The van der Waals surface area contributed by atoms with E-state index in [4.69, 9.17) is 5.11 Å². The fraction of sp³-hybridized carbons (Fsp3) is 0.867. The van der Waals surface area contributed by atoms with E-state index < -0.39 is 5.97 Å². The number of nitrogens with one attached hydrogen (secondary N) is 2. The van der Waals surface area contributed by atoms with Gasteiger partial charge in [0.1, 0.15) is 0 Å². The summed E-state index contributed by atoms with van der Waals surface area (Å²) >= 11 is 0. The molecule has 2 rings (SSSR count). The first-order chi connectivity index (χ1) is 10.1. The lowest BCUT2D eigenvalue weighted by Crippen LogP contribution is -2.46. The molecule has 2 aliphatic carbocycles. The Balaban J connectivity index is 1.64. The van der Waals surface area contributed by atoms with Crippen molar-refractivity contribution in [3.63, 3.8) is 0 Å². The van der Waals surface area contributed by atoms with E-state index in [-0.39, 0.29) is 30.0 Å². The molecular formula is C15H26N2O4. The highest BCUT2D eigenvalue weighted by atomic mass is 16.4. The molecular weight excluding hydrogens is 272 g/mol. The number of urea groups is 1. The molecule has 0 saturated heterocycles. The second-order valence-electron chi connectivity index (χ2n) is 6.35. The summed E-state index contributed by atoms with van der Waals surface area (Å²) in [6, 6.07) is -0.136. The van der Waals surface area contributed by atoms with Crippen LogP contribution in [-0.2, 0) is 4.79 Å². The van der Waals surface area contributed by atoms with Gasteiger partial charge in [0.25, 0.3) is 0 Å². The Bertz CT molecular complexity index is 367. The average molecular weight is 298 g/mol.